The average Bonchev–Trinajstić information content (AvgIpc) is 2.78. The minimum Gasteiger partial charge on any atom is -0.444 e. The molecule has 3 N–H and O–H groups in total. The second-order valence-electron chi connectivity index (χ2n) is 10.5. The van der Waals surface area contributed by atoms with E-state index in [2.05, 4.69) is 10.6 Å². The van der Waals surface area contributed by atoms with Crippen molar-refractivity contribution in [3.8, 4) is 0 Å². The molecule has 0 aliphatic carbocycles. The molecule has 0 fully saturated rings. The summed E-state index contributed by atoms with van der Waals surface area (Å²) >= 11 is 0. The van der Waals surface area contributed by atoms with Crippen LogP contribution in [0.15, 0.2) is 53.4 Å². The lowest BCUT2D eigenvalue weighted by molar-refractivity contribution is -0.114. The van der Waals surface area contributed by atoms with E-state index in [0.717, 1.165) is 28.1 Å². The van der Waals surface area contributed by atoms with Crippen molar-refractivity contribution in [1.29, 1.82) is 0 Å². The fourth-order valence-corrected chi connectivity index (χ4v) is 5.37. The normalized spacial score (nSPS) is 13.7. The zero-order valence-corrected chi connectivity index (χ0v) is 23.5. The predicted molar refractivity (Wildman–Crippen MR) is 144 cm³/mol. The molecule has 0 saturated carbocycles. The number of anilines is 1. The van der Waals surface area contributed by atoms with E-state index in [1.165, 1.54) is 6.92 Å². The fourth-order valence-electron chi connectivity index (χ4n) is 3.72. The number of nitrogens with one attached hydrogen (secondary N) is 2. The predicted octanol–water partition coefficient (Wildman–Crippen LogP) is 3.93. The van der Waals surface area contributed by atoms with Gasteiger partial charge in [-0.2, -0.15) is 4.31 Å². The van der Waals surface area contributed by atoms with Gasteiger partial charge in [0.2, 0.25) is 15.9 Å². The summed E-state index contributed by atoms with van der Waals surface area (Å²) in [5, 5.41) is 16.2. The molecule has 210 valence electrons. The molecular formula is C27H38FN3O6S. The van der Waals surface area contributed by atoms with Gasteiger partial charge in [0.05, 0.1) is 22.7 Å². The van der Waals surface area contributed by atoms with E-state index in [0.29, 0.717) is 0 Å². The Morgan fingerprint density at radius 2 is 1.71 bits per heavy atom. The molecule has 0 heterocycles. The number of hydrogen-bond donors (Lipinski definition) is 3. The molecule has 0 aliphatic rings. The quantitative estimate of drug-likeness (QED) is 0.389. The minimum atomic E-state index is -4.22. The number of carbonyl (C=O) groups excluding carboxylic acids is 2. The highest BCUT2D eigenvalue weighted by Gasteiger charge is 2.32. The Morgan fingerprint density at radius 1 is 1.08 bits per heavy atom. The summed E-state index contributed by atoms with van der Waals surface area (Å²) in [7, 11) is -4.22. The number of alkyl carbamates (subject to hydrolysis) is 1. The van der Waals surface area contributed by atoms with Crippen molar-refractivity contribution in [3.05, 3.63) is 59.9 Å². The number of rotatable bonds is 11. The van der Waals surface area contributed by atoms with Crippen LogP contribution in [0, 0.1) is 11.7 Å². The van der Waals surface area contributed by atoms with Crippen LogP contribution in [-0.4, -0.2) is 60.7 Å². The number of hydrogen-bond acceptors (Lipinski definition) is 6. The van der Waals surface area contributed by atoms with E-state index in [1.807, 2.05) is 44.2 Å². The van der Waals surface area contributed by atoms with Gasteiger partial charge in [0.1, 0.15) is 11.4 Å². The molecule has 2 amide bonds. The van der Waals surface area contributed by atoms with Crippen molar-refractivity contribution in [2.45, 2.75) is 70.6 Å². The Hall–Kier alpha value is -3.02. The Labute approximate surface area is 224 Å². The molecule has 2 aromatic rings. The number of amides is 2. The highest BCUT2D eigenvalue weighted by molar-refractivity contribution is 7.89. The molecule has 0 spiro atoms. The lowest BCUT2D eigenvalue weighted by Gasteiger charge is -2.31. The molecular weight excluding hydrogens is 513 g/mol. The second kappa shape index (κ2) is 13.2. The molecule has 38 heavy (non-hydrogen) atoms. The Balaban J connectivity index is 2.38. The van der Waals surface area contributed by atoms with Gasteiger partial charge in [-0.05, 0) is 56.9 Å². The summed E-state index contributed by atoms with van der Waals surface area (Å²) in [6.45, 7) is 9.67. The first-order chi connectivity index (χ1) is 17.6. The highest BCUT2D eigenvalue weighted by atomic mass is 32.2. The standard InChI is InChI=1S/C27H38FN3O6S/c1-18(2)16-31(38(35,36)21-12-13-22(28)23(15-21)29-19(3)32)17-25(33)24(14-20-10-8-7-9-11-20)30-26(34)37-27(4,5)6/h7-13,15,18,24-25,33H,14,16-17H2,1-6H3,(H,29,32)(H,30,34)/t24-,25+/m0/s1. The van der Waals surface area contributed by atoms with Gasteiger partial charge >= 0.3 is 6.09 Å². The van der Waals surface area contributed by atoms with Gasteiger partial charge in [-0.1, -0.05) is 44.2 Å². The van der Waals surface area contributed by atoms with Crippen LogP contribution in [0.5, 0.6) is 0 Å². The number of aliphatic hydroxyl groups is 1. The molecule has 2 aromatic carbocycles. The smallest absolute Gasteiger partial charge is 0.407 e. The molecule has 2 rings (SSSR count). The number of halogens is 1. The number of ether oxygens (including phenoxy) is 1. The van der Waals surface area contributed by atoms with Gasteiger partial charge in [0, 0.05) is 20.0 Å². The molecule has 9 nitrogen and oxygen atoms in total. The number of aliphatic hydroxyl groups excluding tert-OH is 1. The van der Waals surface area contributed by atoms with Gasteiger partial charge in [-0.3, -0.25) is 4.79 Å². The van der Waals surface area contributed by atoms with E-state index in [9.17, 15) is 27.5 Å². The summed E-state index contributed by atoms with van der Waals surface area (Å²) in [6, 6.07) is 11.4. The van der Waals surface area contributed by atoms with E-state index in [4.69, 9.17) is 4.74 Å². The van der Waals surface area contributed by atoms with E-state index in [-0.39, 0.29) is 36.0 Å². The third-order valence-corrected chi connectivity index (χ3v) is 7.14. The number of nitrogens with zero attached hydrogens (tertiary/aromatic N) is 1. The minimum absolute atomic E-state index is 0.0523. The Morgan fingerprint density at radius 3 is 2.26 bits per heavy atom. The molecule has 2 atom stereocenters. The van der Waals surface area contributed by atoms with Crippen molar-refractivity contribution in [2.24, 2.45) is 5.92 Å². The Bertz CT molecular complexity index is 1200. The molecule has 0 unspecified atom stereocenters. The topological polar surface area (TPSA) is 125 Å². The second-order valence-corrected chi connectivity index (χ2v) is 12.5. The van der Waals surface area contributed by atoms with E-state index < -0.39 is 45.6 Å². The van der Waals surface area contributed by atoms with Gasteiger partial charge in [0.25, 0.3) is 0 Å². The van der Waals surface area contributed by atoms with Gasteiger partial charge < -0.3 is 20.5 Å². The highest BCUT2D eigenvalue weighted by Crippen LogP contribution is 2.24. The summed E-state index contributed by atoms with van der Waals surface area (Å²) in [5.74, 6) is -1.44. The maximum Gasteiger partial charge on any atom is 0.407 e. The van der Waals surface area contributed by atoms with Crippen LogP contribution >= 0.6 is 0 Å². The van der Waals surface area contributed by atoms with Crippen molar-refractivity contribution in [3.63, 3.8) is 0 Å². The summed E-state index contributed by atoms with van der Waals surface area (Å²) in [5.41, 5.74) is -0.213. The van der Waals surface area contributed by atoms with Crippen molar-refractivity contribution in [2.75, 3.05) is 18.4 Å². The monoisotopic (exact) mass is 551 g/mol. The lowest BCUT2D eigenvalue weighted by atomic mass is 10.0. The third kappa shape index (κ3) is 9.70. The third-order valence-electron chi connectivity index (χ3n) is 5.31. The van der Waals surface area contributed by atoms with Crippen LogP contribution in [0.2, 0.25) is 0 Å². The first-order valence-electron chi connectivity index (χ1n) is 12.4. The van der Waals surface area contributed by atoms with Gasteiger partial charge in [-0.25, -0.2) is 17.6 Å². The van der Waals surface area contributed by atoms with Crippen LogP contribution in [0.4, 0.5) is 14.9 Å². The fraction of sp³-hybridized carbons (Fsp3) is 0.481. The van der Waals surface area contributed by atoms with Crippen LogP contribution in [0.25, 0.3) is 0 Å². The number of carbonyl (C=O) groups is 2. The largest absolute Gasteiger partial charge is 0.444 e. The molecule has 0 radical (unpaired) electrons. The molecule has 11 heteroatoms. The average molecular weight is 552 g/mol. The van der Waals surface area contributed by atoms with Crippen LogP contribution < -0.4 is 10.6 Å². The van der Waals surface area contributed by atoms with Crippen LogP contribution in [0.3, 0.4) is 0 Å². The van der Waals surface area contributed by atoms with E-state index in [1.54, 1.807) is 20.8 Å². The van der Waals surface area contributed by atoms with Crippen LogP contribution in [-0.2, 0) is 26.0 Å². The molecule has 0 bridgehead atoms. The maximum atomic E-state index is 14.2. The first kappa shape index (κ1) is 31.2. The molecule has 0 saturated heterocycles. The van der Waals surface area contributed by atoms with Crippen molar-refractivity contribution < 1.29 is 32.2 Å². The number of sulfonamides is 1. The Kier molecular flexibility index (Phi) is 10.8. The zero-order chi connectivity index (χ0) is 28.7. The molecule has 0 aliphatic heterocycles. The van der Waals surface area contributed by atoms with Crippen molar-refractivity contribution >= 4 is 27.7 Å². The van der Waals surface area contributed by atoms with Crippen molar-refractivity contribution in [1.82, 2.24) is 9.62 Å². The summed E-state index contributed by atoms with van der Waals surface area (Å²) < 4.78 is 47.9. The summed E-state index contributed by atoms with van der Waals surface area (Å²) in [4.78, 5) is 23.8. The number of benzene rings is 2. The van der Waals surface area contributed by atoms with Gasteiger partial charge in [-0.15, -0.1) is 0 Å². The first-order valence-corrected chi connectivity index (χ1v) is 13.8. The molecule has 0 aromatic heterocycles. The maximum absolute atomic E-state index is 14.2. The zero-order valence-electron chi connectivity index (χ0n) is 22.7. The van der Waals surface area contributed by atoms with Gasteiger partial charge in [0.15, 0.2) is 0 Å². The lowest BCUT2D eigenvalue weighted by Crippen LogP contribution is -2.51. The van der Waals surface area contributed by atoms with E-state index >= 15 is 0 Å². The SMILES string of the molecule is CC(=O)Nc1cc(S(=O)(=O)N(CC(C)C)C[C@@H](O)[C@H](Cc2ccccc2)NC(=O)OC(C)(C)C)ccc1F. The van der Waals surface area contributed by atoms with Crippen LogP contribution in [0.1, 0.15) is 47.1 Å². The summed E-state index contributed by atoms with van der Waals surface area (Å²) in [6.07, 6.45) is -1.83.